The monoisotopic (exact) mass is 265 g/mol. The van der Waals surface area contributed by atoms with E-state index in [0.717, 1.165) is 11.6 Å². The number of rotatable bonds is 5. The number of nitrogens with zero attached hydrogens (tertiary/aromatic N) is 2. The zero-order chi connectivity index (χ0) is 14.6. The third-order valence-electron chi connectivity index (χ3n) is 2.37. The molecule has 4 heteroatoms. The molecule has 19 heavy (non-hydrogen) atoms. The molecule has 0 radical (unpaired) electrons. The number of aromatic nitrogens is 2. The smallest absolute Gasteiger partial charge is 0.218 e. The van der Waals surface area contributed by atoms with Crippen molar-refractivity contribution >= 4 is 5.82 Å². The Hall–Kier alpha value is -1.32. The van der Waals surface area contributed by atoms with Crippen molar-refractivity contribution in [3.05, 3.63) is 11.9 Å². The third kappa shape index (κ3) is 5.45. The predicted molar refractivity (Wildman–Crippen MR) is 79.8 cm³/mol. The lowest BCUT2D eigenvalue weighted by atomic mass is 9.96. The van der Waals surface area contributed by atoms with Gasteiger partial charge >= 0.3 is 0 Å². The molecule has 1 aromatic heterocycles. The van der Waals surface area contributed by atoms with Gasteiger partial charge in [0.25, 0.3) is 0 Å². The molecule has 1 rings (SSSR count). The highest BCUT2D eigenvalue weighted by atomic mass is 16.5. The summed E-state index contributed by atoms with van der Waals surface area (Å²) in [5, 5.41) is 3.31. The first kappa shape index (κ1) is 15.7. The number of hydrogen-bond donors (Lipinski definition) is 1. The fourth-order valence-electron chi connectivity index (χ4n) is 1.46. The molecule has 4 nitrogen and oxygen atoms in total. The van der Waals surface area contributed by atoms with E-state index in [1.54, 1.807) is 0 Å². The minimum atomic E-state index is -0.0926. The molecule has 0 atom stereocenters. The van der Waals surface area contributed by atoms with Gasteiger partial charge in [0.2, 0.25) is 5.88 Å². The Balaban J connectivity index is 3.02. The van der Waals surface area contributed by atoms with Crippen molar-refractivity contribution < 1.29 is 4.74 Å². The van der Waals surface area contributed by atoms with E-state index >= 15 is 0 Å². The van der Waals surface area contributed by atoms with Gasteiger partial charge in [0.05, 0.1) is 6.61 Å². The summed E-state index contributed by atoms with van der Waals surface area (Å²) < 4.78 is 5.73. The lowest BCUT2D eigenvalue weighted by Gasteiger charge is -2.20. The third-order valence-corrected chi connectivity index (χ3v) is 2.37. The van der Waals surface area contributed by atoms with E-state index in [0.29, 0.717) is 24.4 Å². The fraction of sp³-hybridized carbons (Fsp3) is 0.733. The molecule has 108 valence electrons. The van der Waals surface area contributed by atoms with Crippen LogP contribution >= 0.6 is 0 Å². The van der Waals surface area contributed by atoms with Gasteiger partial charge in [0.1, 0.15) is 11.6 Å². The molecule has 0 aliphatic rings. The Labute approximate surface area is 117 Å². The second kappa shape index (κ2) is 6.22. The van der Waals surface area contributed by atoms with Gasteiger partial charge in [-0.2, -0.15) is 4.98 Å². The van der Waals surface area contributed by atoms with E-state index in [1.165, 1.54) is 0 Å². The Morgan fingerprint density at radius 1 is 1.16 bits per heavy atom. The minimum absolute atomic E-state index is 0.0926. The van der Waals surface area contributed by atoms with Gasteiger partial charge in [0, 0.05) is 17.5 Å². The molecule has 0 aliphatic carbocycles. The topological polar surface area (TPSA) is 47.0 Å². The molecule has 0 saturated carbocycles. The highest BCUT2D eigenvalue weighted by Gasteiger charge is 2.20. The molecule has 0 spiro atoms. The van der Waals surface area contributed by atoms with Crippen molar-refractivity contribution in [3.63, 3.8) is 0 Å². The molecule has 0 bridgehead atoms. The molecule has 1 aromatic rings. The van der Waals surface area contributed by atoms with Crippen LogP contribution in [0.3, 0.4) is 0 Å². The van der Waals surface area contributed by atoms with E-state index in [2.05, 4.69) is 63.8 Å². The van der Waals surface area contributed by atoms with Crippen molar-refractivity contribution in [2.75, 3.05) is 11.9 Å². The Morgan fingerprint density at radius 2 is 1.79 bits per heavy atom. The average Bonchev–Trinajstić information content (AvgIpc) is 2.24. The number of anilines is 1. The van der Waals surface area contributed by atoms with Gasteiger partial charge in [-0.1, -0.05) is 34.6 Å². The fourth-order valence-corrected chi connectivity index (χ4v) is 1.46. The van der Waals surface area contributed by atoms with E-state index in [1.807, 2.05) is 6.07 Å². The van der Waals surface area contributed by atoms with Gasteiger partial charge in [-0.15, -0.1) is 0 Å². The summed E-state index contributed by atoms with van der Waals surface area (Å²) in [5.41, 5.74) is -0.0926. The number of ether oxygens (including phenoxy) is 1. The Bertz CT molecular complexity index is 408. The van der Waals surface area contributed by atoms with Crippen LogP contribution in [-0.2, 0) is 5.41 Å². The van der Waals surface area contributed by atoms with Crippen LogP contribution in [-0.4, -0.2) is 22.6 Å². The highest BCUT2D eigenvalue weighted by molar-refractivity contribution is 5.40. The zero-order valence-corrected chi connectivity index (χ0v) is 13.2. The van der Waals surface area contributed by atoms with Gasteiger partial charge in [-0.05, 0) is 19.8 Å². The van der Waals surface area contributed by atoms with Crippen LogP contribution in [0.2, 0.25) is 0 Å². The first-order valence-corrected chi connectivity index (χ1v) is 6.97. The Morgan fingerprint density at radius 3 is 2.26 bits per heavy atom. The minimum Gasteiger partial charge on any atom is -0.477 e. The first-order valence-electron chi connectivity index (χ1n) is 6.97. The summed E-state index contributed by atoms with van der Waals surface area (Å²) >= 11 is 0. The van der Waals surface area contributed by atoms with Gasteiger partial charge in [-0.3, -0.25) is 0 Å². The van der Waals surface area contributed by atoms with Crippen molar-refractivity contribution in [2.24, 2.45) is 5.92 Å². The van der Waals surface area contributed by atoms with Crippen LogP contribution < -0.4 is 10.1 Å². The Kier molecular flexibility index (Phi) is 5.15. The van der Waals surface area contributed by atoms with Gasteiger partial charge in [0.15, 0.2) is 0 Å². The molecule has 0 aliphatic heterocycles. The van der Waals surface area contributed by atoms with Crippen LogP contribution in [0.15, 0.2) is 6.07 Å². The SMILES string of the molecule is CC(C)COc1cc(NC(C)C)nc(C(C)(C)C)n1. The molecule has 0 unspecified atom stereocenters. The normalized spacial score (nSPS) is 12.1. The summed E-state index contributed by atoms with van der Waals surface area (Å²) in [6.45, 7) is 15.4. The van der Waals surface area contributed by atoms with E-state index < -0.39 is 0 Å². The second-order valence-electron chi connectivity index (χ2n) is 6.67. The summed E-state index contributed by atoms with van der Waals surface area (Å²) in [6.07, 6.45) is 0. The van der Waals surface area contributed by atoms with E-state index in [-0.39, 0.29) is 5.41 Å². The van der Waals surface area contributed by atoms with Crippen molar-refractivity contribution in [1.82, 2.24) is 9.97 Å². The second-order valence-corrected chi connectivity index (χ2v) is 6.67. The largest absolute Gasteiger partial charge is 0.477 e. The summed E-state index contributed by atoms with van der Waals surface area (Å²) in [5.74, 6) is 2.76. The van der Waals surface area contributed by atoms with Crippen molar-refractivity contribution in [2.45, 2.75) is 59.9 Å². The maximum absolute atomic E-state index is 5.73. The van der Waals surface area contributed by atoms with Gasteiger partial charge in [-0.25, -0.2) is 4.98 Å². The van der Waals surface area contributed by atoms with Crippen LogP contribution in [0.25, 0.3) is 0 Å². The van der Waals surface area contributed by atoms with Crippen molar-refractivity contribution in [3.8, 4) is 5.88 Å². The zero-order valence-electron chi connectivity index (χ0n) is 13.2. The maximum Gasteiger partial charge on any atom is 0.218 e. The summed E-state index contributed by atoms with van der Waals surface area (Å²) in [4.78, 5) is 9.08. The molecule has 0 saturated heterocycles. The first-order chi connectivity index (χ1) is 8.68. The van der Waals surface area contributed by atoms with Crippen LogP contribution in [0.1, 0.15) is 54.3 Å². The average molecular weight is 265 g/mol. The molecule has 0 fully saturated rings. The standard InChI is InChI=1S/C15H27N3O/c1-10(2)9-19-13-8-12(16-11(3)4)17-14(18-13)15(5,6)7/h8,10-11H,9H2,1-7H3,(H,16,17,18). The predicted octanol–water partition coefficient (Wildman–Crippen LogP) is 3.63. The molecule has 1 N–H and O–H groups in total. The lowest BCUT2D eigenvalue weighted by Crippen LogP contribution is -2.20. The molecule has 1 heterocycles. The highest BCUT2D eigenvalue weighted by Crippen LogP contribution is 2.23. The van der Waals surface area contributed by atoms with Crippen LogP contribution in [0, 0.1) is 5.92 Å². The number of hydrogen-bond acceptors (Lipinski definition) is 4. The van der Waals surface area contributed by atoms with E-state index in [9.17, 15) is 0 Å². The number of nitrogens with one attached hydrogen (secondary N) is 1. The van der Waals surface area contributed by atoms with Crippen LogP contribution in [0.4, 0.5) is 5.82 Å². The quantitative estimate of drug-likeness (QED) is 0.883. The summed E-state index contributed by atoms with van der Waals surface area (Å²) in [7, 11) is 0. The molecule has 0 amide bonds. The lowest BCUT2D eigenvalue weighted by molar-refractivity contribution is 0.259. The van der Waals surface area contributed by atoms with Gasteiger partial charge < -0.3 is 10.1 Å². The maximum atomic E-state index is 5.73. The van der Waals surface area contributed by atoms with E-state index in [4.69, 9.17) is 4.74 Å². The molecular weight excluding hydrogens is 238 g/mol. The van der Waals surface area contributed by atoms with Crippen LogP contribution in [0.5, 0.6) is 5.88 Å². The van der Waals surface area contributed by atoms with Crippen molar-refractivity contribution in [1.29, 1.82) is 0 Å². The molecular formula is C15H27N3O. The molecule has 0 aromatic carbocycles. The summed E-state index contributed by atoms with van der Waals surface area (Å²) in [6, 6.07) is 2.21.